The predicted molar refractivity (Wildman–Crippen MR) is 128 cm³/mol. The van der Waals surface area contributed by atoms with Gasteiger partial charge in [-0.2, -0.15) is 4.68 Å². The molecule has 0 amide bonds. The molecule has 4 aromatic rings. The van der Waals surface area contributed by atoms with Gasteiger partial charge in [-0.3, -0.25) is 4.79 Å². The van der Waals surface area contributed by atoms with Crippen LogP contribution >= 0.6 is 46.4 Å². The molecule has 2 N–H and O–H groups in total. The molecule has 4 rings (SSSR count). The van der Waals surface area contributed by atoms with E-state index in [2.05, 4.69) is 15.7 Å². The first kappa shape index (κ1) is 21.5. The lowest BCUT2D eigenvalue weighted by Gasteiger charge is -2.10. The van der Waals surface area contributed by atoms with Crippen molar-refractivity contribution in [3.8, 4) is 0 Å². The second-order valence-electron chi connectivity index (χ2n) is 6.52. The van der Waals surface area contributed by atoms with Crippen LogP contribution in [0.15, 0.2) is 72.8 Å². The van der Waals surface area contributed by atoms with Crippen LogP contribution < -0.4 is 10.6 Å². The van der Waals surface area contributed by atoms with Crippen LogP contribution in [-0.2, 0) is 0 Å². The fourth-order valence-corrected chi connectivity index (χ4v) is 3.57. The number of nitrogens with zero attached hydrogens (tertiary/aromatic N) is 2. The first-order valence-electron chi connectivity index (χ1n) is 9.04. The Hall–Kier alpha value is -2.70. The molecule has 1 heterocycles. The molecule has 0 saturated heterocycles. The van der Waals surface area contributed by atoms with Gasteiger partial charge in [0.05, 0.1) is 10.6 Å². The minimum atomic E-state index is -0.415. The average Bonchev–Trinajstić information content (AvgIpc) is 3.13. The van der Waals surface area contributed by atoms with Crippen molar-refractivity contribution in [1.29, 1.82) is 0 Å². The number of nitrogens with one attached hydrogen (secondary N) is 2. The summed E-state index contributed by atoms with van der Waals surface area (Å²) in [6.45, 7) is 0. The van der Waals surface area contributed by atoms with Crippen LogP contribution in [0.1, 0.15) is 10.4 Å². The highest BCUT2D eigenvalue weighted by molar-refractivity contribution is 6.36. The molecule has 3 aromatic carbocycles. The summed E-state index contributed by atoms with van der Waals surface area (Å²) in [7, 11) is 0. The quantitative estimate of drug-likeness (QED) is 0.300. The molecule has 0 aliphatic rings. The smallest absolute Gasteiger partial charge is 0.281 e. The van der Waals surface area contributed by atoms with E-state index in [1.807, 2.05) is 12.1 Å². The summed E-state index contributed by atoms with van der Waals surface area (Å²) in [5.74, 6) is 0.481. The Balaban J connectivity index is 1.71. The van der Waals surface area contributed by atoms with E-state index in [0.29, 0.717) is 26.7 Å². The van der Waals surface area contributed by atoms with Crippen LogP contribution in [0.3, 0.4) is 0 Å². The zero-order valence-electron chi connectivity index (χ0n) is 15.7. The molecule has 0 atom stereocenters. The van der Waals surface area contributed by atoms with Crippen molar-refractivity contribution < 1.29 is 4.79 Å². The number of carbonyl (C=O) groups is 1. The predicted octanol–water partition coefficient (Wildman–Crippen LogP) is 7.67. The summed E-state index contributed by atoms with van der Waals surface area (Å²) >= 11 is 24.1. The third kappa shape index (κ3) is 5.14. The molecular formula is C22H14Cl4N4O. The lowest BCUT2D eigenvalue weighted by molar-refractivity contribution is 0.0948. The molecule has 0 unspecified atom stereocenters. The molecule has 0 spiro atoms. The van der Waals surface area contributed by atoms with Crippen LogP contribution in [0, 0.1) is 0 Å². The Morgan fingerprint density at radius 2 is 1.26 bits per heavy atom. The average molecular weight is 492 g/mol. The number of rotatable bonds is 5. The molecule has 0 aliphatic carbocycles. The van der Waals surface area contributed by atoms with Gasteiger partial charge in [0.1, 0.15) is 5.82 Å². The highest BCUT2D eigenvalue weighted by Crippen LogP contribution is 2.27. The first-order valence-corrected chi connectivity index (χ1v) is 10.6. The largest absolute Gasteiger partial charge is 0.340 e. The fourth-order valence-electron chi connectivity index (χ4n) is 2.83. The zero-order valence-corrected chi connectivity index (χ0v) is 18.8. The molecule has 9 heteroatoms. The molecule has 156 valence electrons. The minimum Gasteiger partial charge on any atom is -0.340 e. The van der Waals surface area contributed by atoms with Crippen LogP contribution in [0.25, 0.3) is 0 Å². The van der Waals surface area contributed by atoms with E-state index in [9.17, 15) is 4.79 Å². The Kier molecular flexibility index (Phi) is 6.39. The molecule has 0 aliphatic heterocycles. The third-order valence-corrected chi connectivity index (χ3v) is 5.35. The van der Waals surface area contributed by atoms with E-state index in [-0.39, 0.29) is 10.6 Å². The zero-order chi connectivity index (χ0) is 22.0. The maximum absolute atomic E-state index is 13.2. The lowest BCUT2D eigenvalue weighted by atomic mass is 10.2. The van der Waals surface area contributed by atoms with Crippen LogP contribution in [-0.4, -0.2) is 15.7 Å². The summed E-state index contributed by atoms with van der Waals surface area (Å²) in [5, 5.41) is 12.7. The van der Waals surface area contributed by atoms with E-state index in [1.54, 1.807) is 54.6 Å². The summed E-state index contributed by atoms with van der Waals surface area (Å²) in [6, 6.07) is 20.6. The normalized spacial score (nSPS) is 10.7. The van der Waals surface area contributed by atoms with Crippen molar-refractivity contribution in [2.75, 3.05) is 10.6 Å². The van der Waals surface area contributed by atoms with Crippen molar-refractivity contribution in [3.63, 3.8) is 0 Å². The number of aromatic nitrogens is 2. The second-order valence-corrected chi connectivity index (χ2v) is 8.24. The standard InChI is InChI=1S/C22H14Cl4N4O/c23-13-1-6-16(7-2-13)27-20-12-21(28-17-8-3-14(24)4-9-17)30(29-20)22(31)18-10-5-15(25)11-19(18)26/h1-12,28H,(H,27,29). The van der Waals surface area contributed by atoms with Crippen molar-refractivity contribution >= 4 is 75.3 Å². The molecule has 31 heavy (non-hydrogen) atoms. The fraction of sp³-hybridized carbons (Fsp3) is 0. The maximum atomic E-state index is 13.2. The van der Waals surface area contributed by atoms with E-state index >= 15 is 0 Å². The summed E-state index contributed by atoms with van der Waals surface area (Å²) < 4.78 is 1.24. The van der Waals surface area contributed by atoms with E-state index in [1.165, 1.54) is 10.7 Å². The topological polar surface area (TPSA) is 59.0 Å². The molecular weight excluding hydrogens is 478 g/mol. The highest BCUT2D eigenvalue weighted by atomic mass is 35.5. The number of hydrogen-bond acceptors (Lipinski definition) is 4. The number of halogens is 4. The highest BCUT2D eigenvalue weighted by Gasteiger charge is 2.19. The van der Waals surface area contributed by atoms with E-state index in [0.717, 1.165) is 11.4 Å². The summed E-state index contributed by atoms with van der Waals surface area (Å²) in [6.07, 6.45) is 0. The van der Waals surface area contributed by atoms with Crippen molar-refractivity contribution in [2.24, 2.45) is 0 Å². The van der Waals surface area contributed by atoms with Crippen molar-refractivity contribution in [2.45, 2.75) is 0 Å². The second kappa shape index (κ2) is 9.20. The van der Waals surface area contributed by atoms with Crippen LogP contribution in [0.4, 0.5) is 23.0 Å². The Morgan fingerprint density at radius 3 is 1.84 bits per heavy atom. The monoisotopic (exact) mass is 490 g/mol. The number of anilines is 4. The van der Waals surface area contributed by atoms with Gasteiger partial charge >= 0.3 is 0 Å². The van der Waals surface area contributed by atoms with Gasteiger partial charge in [0.25, 0.3) is 5.91 Å². The van der Waals surface area contributed by atoms with Crippen LogP contribution in [0.2, 0.25) is 20.1 Å². The van der Waals surface area contributed by atoms with Gasteiger partial charge in [0.15, 0.2) is 5.82 Å². The first-order chi connectivity index (χ1) is 14.9. The molecule has 0 radical (unpaired) electrons. The minimum absolute atomic E-state index is 0.234. The summed E-state index contributed by atoms with van der Waals surface area (Å²) in [5.41, 5.74) is 1.77. The summed E-state index contributed by atoms with van der Waals surface area (Å²) in [4.78, 5) is 13.2. The molecule has 0 bridgehead atoms. The Morgan fingerprint density at radius 1 is 0.710 bits per heavy atom. The Labute approximate surface area is 198 Å². The van der Waals surface area contributed by atoms with Crippen molar-refractivity contribution in [1.82, 2.24) is 9.78 Å². The van der Waals surface area contributed by atoms with E-state index in [4.69, 9.17) is 46.4 Å². The number of hydrogen-bond donors (Lipinski definition) is 2. The van der Waals surface area contributed by atoms with Crippen LogP contribution in [0.5, 0.6) is 0 Å². The third-order valence-electron chi connectivity index (χ3n) is 4.30. The van der Waals surface area contributed by atoms with Gasteiger partial charge in [-0.15, -0.1) is 5.10 Å². The molecule has 1 aromatic heterocycles. The lowest BCUT2D eigenvalue weighted by Crippen LogP contribution is -2.16. The van der Waals surface area contributed by atoms with Gasteiger partial charge < -0.3 is 10.6 Å². The maximum Gasteiger partial charge on any atom is 0.281 e. The molecule has 0 fully saturated rings. The molecule has 0 saturated carbocycles. The molecule has 5 nitrogen and oxygen atoms in total. The van der Waals surface area contributed by atoms with Gasteiger partial charge in [-0.25, -0.2) is 0 Å². The van der Waals surface area contributed by atoms with Gasteiger partial charge in [0, 0.05) is 32.5 Å². The number of carbonyl (C=O) groups excluding carboxylic acids is 1. The van der Waals surface area contributed by atoms with Gasteiger partial charge in [0.2, 0.25) is 0 Å². The van der Waals surface area contributed by atoms with Gasteiger partial charge in [-0.05, 0) is 66.7 Å². The van der Waals surface area contributed by atoms with Crippen molar-refractivity contribution in [3.05, 3.63) is 98.5 Å². The number of benzene rings is 3. The SMILES string of the molecule is O=C(c1ccc(Cl)cc1Cl)n1nc(Nc2ccc(Cl)cc2)cc1Nc1ccc(Cl)cc1. The van der Waals surface area contributed by atoms with E-state index < -0.39 is 5.91 Å². The Bertz CT molecular complexity index is 1240. The van der Waals surface area contributed by atoms with Gasteiger partial charge in [-0.1, -0.05) is 46.4 Å².